The fraction of sp³-hybridized carbons (Fsp3) is 0.917. The first-order valence-corrected chi connectivity index (χ1v) is 5.67. The summed E-state index contributed by atoms with van der Waals surface area (Å²) in [5.41, 5.74) is 5.98. The van der Waals surface area contributed by atoms with E-state index in [1.54, 1.807) is 0 Å². The number of hydrogen-bond acceptors (Lipinski definition) is 3. The van der Waals surface area contributed by atoms with Crippen LogP contribution in [0.4, 0.5) is 0 Å². The lowest BCUT2D eigenvalue weighted by Crippen LogP contribution is -2.45. The van der Waals surface area contributed by atoms with Gasteiger partial charge in [0.2, 0.25) is 0 Å². The van der Waals surface area contributed by atoms with Gasteiger partial charge in [0.05, 0.1) is 0 Å². The highest BCUT2D eigenvalue weighted by Gasteiger charge is 2.24. The summed E-state index contributed by atoms with van der Waals surface area (Å²) in [5.74, 6) is 0.614. The van der Waals surface area contributed by atoms with Crippen LogP contribution in [0.3, 0.4) is 0 Å². The van der Waals surface area contributed by atoms with E-state index in [9.17, 15) is 0 Å². The topological polar surface area (TPSA) is 41.6 Å². The average Bonchev–Trinajstić information content (AvgIpc) is 2.08. The van der Waals surface area contributed by atoms with Crippen LogP contribution in [-0.2, 0) is 0 Å². The number of aliphatic imine (C=N–C) groups is 1. The molecule has 0 aliphatic heterocycles. The molecule has 3 nitrogen and oxygen atoms in total. The molecular weight excluding hydrogens is 186 g/mol. The standard InChI is InChI=1S/C12H27N3/c1-10(2)11(9-12(3,4)13)15(6)8-7-14-5/h7,10-11H,8-9,13H2,1-6H3. The lowest BCUT2D eigenvalue weighted by molar-refractivity contribution is 0.177. The summed E-state index contributed by atoms with van der Waals surface area (Å²) < 4.78 is 0. The third kappa shape index (κ3) is 6.63. The quantitative estimate of drug-likeness (QED) is 0.683. The lowest BCUT2D eigenvalue weighted by Gasteiger charge is -2.35. The van der Waals surface area contributed by atoms with Crippen molar-refractivity contribution in [2.75, 3.05) is 20.6 Å². The van der Waals surface area contributed by atoms with Crippen molar-refractivity contribution in [1.82, 2.24) is 4.90 Å². The SMILES string of the molecule is CN=CCN(C)C(CC(C)(C)N)C(C)C. The maximum atomic E-state index is 6.08. The summed E-state index contributed by atoms with van der Waals surface area (Å²) >= 11 is 0. The van der Waals surface area contributed by atoms with Gasteiger partial charge in [-0.1, -0.05) is 13.8 Å². The lowest BCUT2D eigenvalue weighted by atomic mass is 9.89. The van der Waals surface area contributed by atoms with Gasteiger partial charge < -0.3 is 5.73 Å². The summed E-state index contributed by atoms with van der Waals surface area (Å²) in [5, 5.41) is 0. The van der Waals surface area contributed by atoms with Crippen molar-refractivity contribution in [2.24, 2.45) is 16.6 Å². The third-order valence-corrected chi connectivity index (χ3v) is 2.62. The van der Waals surface area contributed by atoms with Crippen molar-refractivity contribution >= 4 is 6.21 Å². The van der Waals surface area contributed by atoms with E-state index in [4.69, 9.17) is 5.73 Å². The van der Waals surface area contributed by atoms with Crippen LogP contribution in [0, 0.1) is 5.92 Å². The molecular formula is C12H27N3. The molecule has 0 aromatic rings. The first kappa shape index (κ1) is 14.6. The fourth-order valence-electron chi connectivity index (χ4n) is 1.79. The van der Waals surface area contributed by atoms with Crippen molar-refractivity contribution in [3.63, 3.8) is 0 Å². The third-order valence-electron chi connectivity index (χ3n) is 2.62. The largest absolute Gasteiger partial charge is 0.326 e. The maximum absolute atomic E-state index is 6.08. The second-order valence-electron chi connectivity index (χ2n) is 5.38. The Balaban J connectivity index is 4.38. The second-order valence-corrected chi connectivity index (χ2v) is 5.38. The van der Waals surface area contributed by atoms with Gasteiger partial charge in [0.1, 0.15) is 0 Å². The molecule has 3 heteroatoms. The van der Waals surface area contributed by atoms with E-state index < -0.39 is 0 Å². The second kappa shape index (κ2) is 6.23. The molecule has 0 amide bonds. The maximum Gasteiger partial charge on any atom is 0.0333 e. The zero-order chi connectivity index (χ0) is 12.1. The number of nitrogens with zero attached hydrogens (tertiary/aromatic N) is 2. The van der Waals surface area contributed by atoms with Gasteiger partial charge in [0.15, 0.2) is 0 Å². The van der Waals surface area contributed by atoms with Crippen LogP contribution < -0.4 is 5.73 Å². The van der Waals surface area contributed by atoms with Gasteiger partial charge in [-0.15, -0.1) is 0 Å². The first-order valence-electron chi connectivity index (χ1n) is 5.67. The summed E-state index contributed by atoms with van der Waals surface area (Å²) in [4.78, 5) is 6.34. The monoisotopic (exact) mass is 213 g/mol. The molecule has 1 unspecified atom stereocenters. The minimum Gasteiger partial charge on any atom is -0.326 e. The Morgan fingerprint density at radius 3 is 2.27 bits per heavy atom. The van der Waals surface area contributed by atoms with Gasteiger partial charge in [-0.3, -0.25) is 9.89 Å². The molecule has 0 saturated heterocycles. The van der Waals surface area contributed by atoms with E-state index in [2.05, 4.69) is 44.6 Å². The summed E-state index contributed by atoms with van der Waals surface area (Å²) in [6.45, 7) is 9.57. The van der Waals surface area contributed by atoms with Crippen molar-refractivity contribution in [1.29, 1.82) is 0 Å². The Hall–Kier alpha value is -0.410. The van der Waals surface area contributed by atoms with Crippen molar-refractivity contribution < 1.29 is 0 Å². The highest BCUT2D eigenvalue weighted by atomic mass is 15.1. The van der Waals surface area contributed by atoms with Gasteiger partial charge in [-0.25, -0.2) is 0 Å². The van der Waals surface area contributed by atoms with Gasteiger partial charge in [0.25, 0.3) is 0 Å². The van der Waals surface area contributed by atoms with E-state index in [0.29, 0.717) is 12.0 Å². The molecule has 0 bridgehead atoms. The summed E-state index contributed by atoms with van der Waals surface area (Å²) in [7, 11) is 3.95. The van der Waals surface area contributed by atoms with Crippen LogP contribution >= 0.6 is 0 Å². The molecule has 1 atom stereocenters. The molecule has 0 saturated carbocycles. The molecule has 0 aliphatic carbocycles. The van der Waals surface area contributed by atoms with E-state index in [-0.39, 0.29) is 5.54 Å². The highest BCUT2D eigenvalue weighted by Crippen LogP contribution is 2.18. The molecule has 0 heterocycles. The molecule has 0 spiro atoms. The van der Waals surface area contributed by atoms with E-state index in [1.807, 2.05) is 13.3 Å². The van der Waals surface area contributed by atoms with Crippen LogP contribution in [0.25, 0.3) is 0 Å². The highest BCUT2D eigenvalue weighted by molar-refractivity contribution is 5.59. The molecule has 0 aliphatic rings. The van der Waals surface area contributed by atoms with Crippen molar-refractivity contribution in [2.45, 2.75) is 45.7 Å². The van der Waals surface area contributed by atoms with Crippen LogP contribution in [-0.4, -0.2) is 43.3 Å². The van der Waals surface area contributed by atoms with Crippen LogP contribution in [0.5, 0.6) is 0 Å². The zero-order valence-electron chi connectivity index (χ0n) is 11.1. The first-order chi connectivity index (χ1) is 6.78. The minimum atomic E-state index is -0.105. The van der Waals surface area contributed by atoms with Gasteiger partial charge in [0, 0.05) is 31.4 Å². The Morgan fingerprint density at radius 2 is 1.93 bits per heavy atom. The molecule has 0 rings (SSSR count). The van der Waals surface area contributed by atoms with E-state index in [0.717, 1.165) is 13.0 Å². The van der Waals surface area contributed by atoms with Crippen LogP contribution in [0.1, 0.15) is 34.1 Å². The molecule has 0 radical (unpaired) electrons. The Morgan fingerprint density at radius 1 is 1.40 bits per heavy atom. The minimum absolute atomic E-state index is 0.105. The fourth-order valence-corrected chi connectivity index (χ4v) is 1.79. The Bertz CT molecular complexity index is 192. The van der Waals surface area contributed by atoms with E-state index in [1.165, 1.54) is 0 Å². The Labute approximate surface area is 94.7 Å². The summed E-state index contributed by atoms with van der Waals surface area (Å²) in [6.07, 6.45) is 2.96. The summed E-state index contributed by atoms with van der Waals surface area (Å²) in [6, 6.07) is 0.517. The molecule has 0 aromatic heterocycles. The molecule has 90 valence electrons. The van der Waals surface area contributed by atoms with Gasteiger partial charge in [-0.2, -0.15) is 0 Å². The molecule has 0 fully saturated rings. The molecule has 0 aromatic carbocycles. The van der Waals surface area contributed by atoms with Crippen LogP contribution in [0.15, 0.2) is 4.99 Å². The Kier molecular flexibility index (Phi) is 6.06. The van der Waals surface area contributed by atoms with Crippen molar-refractivity contribution in [3.8, 4) is 0 Å². The zero-order valence-corrected chi connectivity index (χ0v) is 11.1. The van der Waals surface area contributed by atoms with Gasteiger partial charge >= 0.3 is 0 Å². The van der Waals surface area contributed by atoms with Gasteiger partial charge in [-0.05, 0) is 33.2 Å². The molecule has 2 N–H and O–H groups in total. The van der Waals surface area contributed by atoms with Crippen molar-refractivity contribution in [3.05, 3.63) is 0 Å². The predicted molar refractivity (Wildman–Crippen MR) is 68.6 cm³/mol. The molecule has 15 heavy (non-hydrogen) atoms. The smallest absolute Gasteiger partial charge is 0.0333 e. The van der Waals surface area contributed by atoms with Crippen LogP contribution in [0.2, 0.25) is 0 Å². The normalized spacial score (nSPS) is 15.5. The number of hydrogen-bond donors (Lipinski definition) is 1. The van der Waals surface area contributed by atoms with E-state index >= 15 is 0 Å². The average molecular weight is 213 g/mol. The number of nitrogens with two attached hydrogens (primary N) is 1. The predicted octanol–water partition coefficient (Wildman–Crippen LogP) is 1.77. The number of rotatable bonds is 6.